The van der Waals surface area contributed by atoms with Gasteiger partial charge >= 0.3 is 5.97 Å². The Morgan fingerprint density at radius 2 is 2.26 bits per heavy atom. The van der Waals surface area contributed by atoms with Gasteiger partial charge in [0.1, 0.15) is 0 Å². The monoisotopic (exact) mass is 316 g/mol. The van der Waals surface area contributed by atoms with Crippen molar-refractivity contribution in [3.8, 4) is 0 Å². The van der Waals surface area contributed by atoms with Gasteiger partial charge in [0, 0.05) is 11.1 Å². The van der Waals surface area contributed by atoms with Crippen LogP contribution < -0.4 is 5.32 Å². The first-order valence-corrected chi connectivity index (χ1v) is 6.90. The molecule has 0 spiro atoms. The molecule has 1 aromatic carbocycles. The Kier molecular flexibility index (Phi) is 4.63. The molecule has 4 nitrogen and oxygen atoms in total. The third-order valence-electron chi connectivity index (χ3n) is 2.38. The third kappa shape index (κ3) is 3.37. The summed E-state index contributed by atoms with van der Waals surface area (Å²) in [5, 5.41) is 3.56. The van der Waals surface area contributed by atoms with E-state index in [9.17, 15) is 4.79 Å². The lowest BCUT2D eigenvalue weighted by molar-refractivity contribution is 0.0602. The van der Waals surface area contributed by atoms with Gasteiger partial charge in [-0.05, 0) is 12.1 Å². The molecule has 0 aliphatic carbocycles. The molecule has 1 N–H and O–H groups in total. The highest BCUT2D eigenvalue weighted by molar-refractivity contribution is 7.15. The van der Waals surface area contributed by atoms with Gasteiger partial charge in [0.15, 0.2) is 4.47 Å². The number of anilines is 1. The van der Waals surface area contributed by atoms with Crippen molar-refractivity contribution in [3.05, 3.63) is 44.3 Å². The van der Waals surface area contributed by atoms with Gasteiger partial charge in [0.05, 0.1) is 29.9 Å². The van der Waals surface area contributed by atoms with Crippen molar-refractivity contribution in [2.75, 3.05) is 12.4 Å². The van der Waals surface area contributed by atoms with Crippen LogP contribution in [0, 0.1) is 0 Å². The second kappa shape index (κ2) is 6.23. The summed E-state index contributed by atoms with van der Waals surface area (Å²) in [7, 11) is 1.33. The van der Waals surface area contributed by atoms with Crippen LogP contribution >= 0.6 is 34.5 Å². The molecule has 0 bridgehead atoms. The van der Waals surface area contributed by atoms with E-state index in [4.69, 9.17) is 27.9 Å². The van der Waals surface area contributed by atoms with Gasteiger partial charge in [0.2, 0.25) is 0 Å². The summed E-state index contributed by atoms with van der Waals surface area (Å²) in [5.41, 5.74) is 0.936. The summed E-state index contributed by atoms with van der Waals surface area (Å²) in [5.74, 6) is -0.438. The Morgan fingerprint density at radius 1 is 1.47 bits per heavy atom. The van der Waals surface area contributed by atoms with E-state index >= 15 is 0 Å². The first kappa shape index (κ1) is 14.1. The minimum absolute atomic E-state index is 0.394. The van der Waals surface area contributed by atoms with E-state index in [-0.39, 0.29) is 0 Å². The summed E-state index contributed by atoms with van der Waals surface area (Å²) < 4.78 is 5.20. The molecule has 2 aromatic rings. The second-order valence-corrected chi connectivity index (χ2v) is 5.69. The van der Waals surface area contributed by atoms with Crippen molar-refractivity contribution in [2.45, 2.75) is 6.54 Å². The Labute approximate surface area is 124 Å². The fourth-order valence-corrected chi connectivity index (χ4v) is 2.68. The number of hydrogen-bond acceptors (Lipinski definition) is 5. The van der Waals surface area contributed by atoms with Crippen LogP contribution in [0.2, 0.25) is 9.49 Å². The van der Waals surface area contributed by atoms with E-state index < -0.39 is 5.97 Å². The van der Waals surface area contributed by atoms with Gasteiger partial charge in [-0.1, -0.05) is 29.3 Å². The highest BCUT2D eigenvalue weighted by Crippen LogP contribution is 2.28. The maximum atomic E-state index is 11.7. The Bertz CT molecular complexity index is 601. The summed E-state index contributed by atoms with van der Waals surface area (Å²) in [4.78, 5) is 16.5. The van der Waals surface area contributed by atoms with Gasteiger partial charge in [-0.25, -0.2) is 9.78 Å². The van der Waals surface area contributed by atoms with Crippen LogP contribution in [0.4, 0.5) is 5.69 Å². The normalized spacial score (nSPS) is 10.3. The molecule has 0 amide bonds. The molecule has 0 fully saturated rings. The van der Waals surface area contributed by atoms with E-state index in [2.05, 4.69) is 10.3 Å². The number of rotatable bonds is 4. The van der Waals surface area contributed by atoms with Crippen molar-refractivity contribution in [3.63, 3.8) is 0 Å². The van der Waals surface area contributed by atoms with Crippen molar-refractivity contribution in [2.24, 2.45) is 0 Å². The topological polar surface area (TPSA) is 51.2 Å². The molecule has 1 aromatic heterocycles. The Morgan fingerprint density at radius 3 is 2.89 bits per heavy atom. The van der Waals surface area contributed by atoms with E-state index in [0.717, 1.165) is 4.88 Å². The van der Waals surface area contributed by atoms with Gasteiger partial charge in [-0.15, -0.1) is 11.3 Å². The molecule has 0 atom stereocenters. The van der Waals surface area contributed by atoms with Crippen LogP contribution in [0.1, 0.15) is 15.2 Å². The van der Waals surface area contributed by atoms with Crippen LogP contribution in [-0.4, -0.2) is 18.1 Å². The van der Waals surface area contributed by atoms with Crippen molar-refractivity contribution < 1.29 is 9.53 Å². The fraction of sp³-hybridized carbons (Fsp3) is 0.167. The molecule has 0 saturated carbocycles. The van der Waals surface area contributed by atoms with Crippen LogP contribution in [0.3, 0.4) is 0 Å². The molecule has 1 heterocycles. The summed E-state index contributed by atoms with van der Waals surface area (Å²) >= 11 is 13.2. The van der Waals surface area contributed by atoms with Crippen molar-refractivity contribution >= 4 is 46.2 Å². The summed E-state index contributed by atoms with van der Waals surface area (Å²) in [6.45, 7) is 0.484. The van der Waals surface area contributed by atoms with Crippen molar-refractivity contribution in [1.29, 1.82) is 0 Å². The van der Waals surface area contributed by atoms with Crippen LogP contribution in [0.5, 0.6) is 0 Å². The smallest absolute Gasteiger partial charge is 0.340 e. The zero-order valence-corrected chi connectivity index (χ0v) is 12.3. The highest BCUT2D eigenvalue weighted by atomic mass is 35.5. The molecule has 0 aliphatic rings. The third-order valence-corrected chi connectivity index (χ3v) is 3.81. The van der Waals surface area contributed by atoms with Gasteiger partial charge < -0.3 is 10.1 Å². The molecule has 0 saturated heterocycles. The number of carbonyl (C=O) groups excluding carboxylic acids is 1. The zero-order chi connectivity index (χ0) is 13.8. The Hall–Kier alpha value is -1.30. The average molecular weight is 317 g/mol. The second-order valence-electron chi connectivity index (χ2n) is 3.59. The lowest BCUT2D eigenvalue weighted by Crippen LogP contribution is -2.08. The number of methoxy groups -OCH3 is 1. The first-order chi connectivity index (χ1) is 9.11. The number of nitrogens with zero attached hydrogens (tertiary/aromatic N) is 1. The number of hydrogen-bond donors (Lipinski definition) is 1. The van der Waals surface area contributed by atoms with Gasteiger partial charge in [-0.3, -0.25) is 0 Å². The minimum Gasteiger partial charge on any atom is -0.465 e. The molecule has 2 rings (SSSR count). The average Bonchev–Trinajstić information content (AvgIpc) is 2.82. The van der Waals surface area contributed by atoms with Crippen LogP contribution in [0.15, 0.2) is 24.4 Å². The number of thiazole rings is 1. The molecule has 7 heteroatoms. The minimum atomic E-state index is -0.438. The van der Waals surface area contributed by atoms with Gasteiger partial charge in [0.25, 0.3) is 0 Å². The number of para-hydroxylation sites is 1. The largest absolute Gasteiger partial charge is 0.465 e. The number of ether oxygens (including phenoxy) is 1. The Balaban J connectivity index is 2.21. The quantitative estimate of drug-likeness (QED) is 0.870. The van der Waals surface area contributed by atoms with Crippen molar-refractivity contribution in [1.82, 2.24) is 4.98 Å². The van der Waals surface area contributed by atoms with E-state index in [1.165, 1.54) is 18.4 Å². The number of benzene rings is 1. The molecule has 100 valence electrons. The molecule has 0 radical (unpaired) electrons. The summed E-state index contributed by atoms with van der Waals surface area (Å²) in [6, 6.07) is 5.05. The van der Waals surface area contributed by atoms with Crippen LogP contribution in [-0.2, 0) is 11.3 Å². The van der Waals surface area contributed by atoms with Crippen LogP contribution in [0.25, 0.3) is 0 Å². The van der Waals surface area contributed by atoms with E-state index in [1.54, 1.807) is 24.4 Å². The number of aromatic nitrogens is 1. The molecular weight excluding hydrogens is 307 g/mol. The molecule has 0 unspecified atom stereocenters. The number of carbonyl (C=O) groups is 1. The zero-order valence-electron chi connectivity index (χ0n) is 9.94. The fourth-order valence-electron chi connectivity index (χ4n) is 1.52. The maximum Gasteiger partial charge on any atom is 0.340 e. The highest BCUT2D eigenvalue weighted by Gasteiger charge is 2.14. The lowest BCUT2D eigenvalue weighted by Gasteiger charge is -2.11. The summed E-state index contributed by atoms with van der Waals surface area (Å²) in [6.07, 6.45) is 1.68. The standard InChI is InChI=1S/C12H10Cl2N2O2S/c1-18-11(17)8-3-2-4-9(13)10(8)15-5-7-6-16-12(14)19-7/h2-4,6,15H,5H2,1H3. The maximum absolute atomic E-state index is 11.7. The molecule has 19 heavy (non-hydrogen) atoms. The molecular formula is C12H10Cl2N2O2S. The number of esters is 1. The predicted octanol–water partition coefficient (Wildman–Crippen LogP) is 3.85. The number of halogens is 2. The number of nitrogens with one attached hydrogen (secondary N) is 1. The van der Waals surface area contributed by atoms with E-state index in [0.29, 0.717) is 27.3 Å². The van der Waals surface area contributed by atoms with Gasteiger partial charge in [-0.2, -0.15) is 0 Å². The lowest BCUT2D eigenvalue weighted by atomic mass is 10.1. The first-order valence-electron chi connectivity index (χ1n) is 5.32. The molecule has 0 aliphatic heterocycles. The predicted molar refractivity (Wildman–Crippen MR) is 77.2 cm³/mol. The SMILES string of the molecule is COC(=O)c1cccc(Cl)c1NCc1cnc(Cl)s1. The van der Waals surface area contributed by atoms with E-state index in [1.807, 2.05) is 0 Å².